The van der Waals surface area contributed by atoms with Crippen LogP contribution in [0.25, 0.3) is 16.7 Å². The second-order valence-corrected chi connectivity index (χ2v) is 9.75. The Morgan fingerprint density at radius 2 is 1.81 bits per heavy atom. The fraction of sp³-hybridized carbons (Fsp3) is 0.308. The number of rotatable bonds is 6. The molecule has 0 unspecified atom stereocenters. The van der Waals surface area contributed by atoms with E-state index < -0.39 is 0 Å². The molecule has 1 aliphatic carbocycles. The third kappa shape index (κ3) is 4.83. The van der Waals surface area contributed by atoms with E-state index in [-0.39, 0.29) is 28.4 Å². The van der Waals surface area contributed by atoms with Crippen molar-refractivity contribution in [3.63, 3.8) is 0 Å². The van der Waals surface area contributed by atoms with Crippen molar-refractivity contribution in [1.82, 2.24) is 24.4 Å². The predicted octanol–water partition coefficient (Wildman–Crippen LogP) is 4.89. The van der Waals surface area contributed by atoms with E-state index in [0.717, 1.165) is 36.7 Å². The second-order valence-electron chi connectivity index (χ2n) is 8.96. The van der Waals surface area contributed by atoms with Gasteiger partial charge in [-0.1, -0.05) is 35.3 Å². The van der Waals surface area contributed by atoms with Gasteiger partial charge in [0, 0.05) is 24.8 Å². The minimum atomic E-state index is -0.272. The molecule has 8 nitrogen and oxygen atoms in total. The molecule has 0 spiro atoms. The zero-order valence-corrected chi connectivity index (χ0v) is 21.2. The highest BCUT2D eigenvalue weighted by Crippen LogP contribution is 2.28. The van der Waals surface area contributed by atoms with Gasteiger partial charge in [-0.2, -0.15) is 0 Å². The molecule has 36 heavy (non-hydrogen) atoms. The Labute approximate surface area is 217 Å². The number of methoxy groups -OCH3 is 1. The lowest BCUT2D eigenvalue weighted by molar-refractivity contribution is 0.0920. The first kappa shape index (κ1) is 24.3. The first-order valence-electron chi connectivity index (χ1n) is 11.8. The molecule has 0 bridgehead atoms. The van der Waals surface area contributed by atoms with Crippen molar-refractivity contribution in [1.29, 1.82) is 0 Å². The molecular weight excluding hydrogens is 501 g/mol. The molecule has 3 heterocycles. The lowest BCUT2D eigenvalue weighted by Gasteiger charge is -2.29. The first-order valence-corrected chi connectivity index (χ1v) is 12.5. The minimum Gasteiger partial charge on any atom is -0.481 e. The predicted molar refractivity (Wildman–Crippen MR) is 139 cm³/mol. The number of pyridine rings is 2. The maximum absolute atomic E-state index is 13.5. The van der Waals surface area contributed by atoms with Gasteiger partial charge in [-0.3, -0.25) is 13.9 Å². The molecule has 5 rings (SSSR count). The van der Waals surface area contributed by atoms with Gasteiger partial charge in [0.05, 0.1) is 40.6 Å². The van der Waals surface area contributed by atoms with Gasteiger partial charge in [-0.05, 0) is 55.9 Å². The number of imidazole rings is 1. The van der Waals surface area contributed by atoms with Gasteiger partial charge >= 0.3 is 5.69 Å². The summed E-state index contributed by atoms with van der Waals surface area (Å²) in [5.41, 5.74) is 2.59. The molecule has 1 saturated carbocycles. The van der Waals surface area contributed by atoms with E-state index in [2.05, 4.69) is 15.3 Å². The van der Waals surface area contributed by atoms with Crippen molar-refractivity contribution in [2.75, 3.05) is 7.11 Å². The van der Waals surface area contributed by atoms with Gasteiger partial charge in [-0.15, -0.1) is 0 Å². The van der Waals surface area contributed by atoms with Crippen LogP contribution in [0.3, 0.4) is 0 Å². The molecule has 1 aromatic carbocycles. The summed E-state index contributed by atoms with van der Waals surface area (Å²) in [7, 11) is 1.56. The molecule has 0 radical (unpaired) electrons. The first-order chi connectivity index (χ1) is 17.4. The van der Waals surface area contributed by atoms with E-state index >= 15 is 0 Å². The largest absolute Gasteiger partial charge is 0.481 e. The number of halogens is 2. The topological polar surface area (TPSA) is 91.0 Å². The SMILES string of the molecule is COc1ccc(-n2c(=O)n(C[C@H]3CC[C@H](NC(=O)c4cc(Cl)cnc4Cl)CC3)c3ccccc32)cn1. The average Bonchev–Trinajstić information content (AvgIpc) is 3.17. The highest BCUT2D eigenvalue weighted by Gasteiger charge is 2.26. The molecule has 3 aromatic heterocycles. The Hall–Kier alpha value is -3.36. The summed E-state index contributed by atoms with van der Waals surface area (Å²) >= 11 is 12.0. The molecule has 1 amide bonds. The maximum Gasteiger partial charge on any atom is 0.333 e. The Kier molecular flexibility index (Phi) is 6.98. The number of carbonyl (C=O) groups is 1. The van der Waals surface area contributed by atoms with Gasteiger partial charge in [-0.25, -0.2) is 14.8 Å². The standard InChI is InChI=1S/C26H25Cl2N5O3/c1-36-23-11-10-19(14-29-23)33-22-5-3-2-4-21(22)32(26(33)35)15-16-6-8-18(9-7-16)31-25(34)20-12-17(27)13-30-24(20)28/h2-5,10-14,16,18H,6-9,15H2,1H3,(H,31,34)/t16-,18-. The van der Waals surface area contributed by atoms with Gasteiger partial charge < -0.3 is 10.1 Å². The number of fused-ring (bicyclic) bond motifs is 1. The molecule has 4 aromatic rings. The van der Waals surface area contributed by atoms with Crippen molar-refractivity contribution in [2.45, 2.75) is 38.3 Å². The Morgan fingerprint density at radius 3 is 2.50 bits per heavy atom. The van der Waals surface area contributed by atoms with Gasteiger partial charge in [0.2, 0.25) is 5.88 Å². The molecule has 0 aliphatic heterocycles. The smallest absolute Gasteiger partial charge is 0.333 e. The van der Waals surface area contributed by atoms with Crippen molar-refractivity contribution in [2.24, 2.45) is 5.92 Å². The fourth-order valence-electron chi connectivity index (χ4n) is 4.85. The highest BCUT2D eigenvalue weighted by atomic mass is 35.5. The minimum absolute atomic E-state index is 0.0345. The van der Waals surface area contributed by atoms with Crippen molar-refractivity contribution < 1.29 is 9.53 Å². The lowest BCUT2D eigenvalue weighted by Crippen LogP contribution is -2.38. The summed E-state index contributed by atoms with van der Waals surface area (Å²) in [6, 6.07) is 12.9. The zero-order valence-electron chi connectivity index (χ0n) is 19.7. The fourth-order valence-corrected chi connectivity index (χ4v) is 5.20. The Balaban J connectivity index is 1.30. The number of nitrogens with one attached hydrogen (secondary N) is 1. The van der Waals surface area contributed by atoms with Crippen molar-refractivity contribution in [3.05, 3.63) is 81.1 Å². The second kappa shape index (κ2) is 10.3. The number of hydrogen-bond acceptors (Lipinski definition) is 5. The van der Waals surface area contributed by atoms with Crippen LogP contribution in [0.5, 0.6) is 5.88 Å². The molecule has 1 N–H and O–H groups in total. The summed E-state index contributed by atoms with van der Waals surface area (Å²) in [5.74, 6) is 0.541. The van der Waals surface area contributed by atoms with Crippen LogP contribution in [0.1, 0.15) is 36.0 Å². The van der Waals surface area contributed by atoms with E-state index in [9.17, 15) is 9.59 Å². The quantitative estimate of drug-likeness (QED) is 0.362. The van der Waals surface area contributed by atoms with Crippen LogP contribution in [0.4, 0.5) is 0 Å². The van der Waals surface area contributed by atoms with Gasteiger partial charge in [0.15, 0.2) is 0 Å². The van der Waals surface area contributed by atoms with Crippen LogP contribution < -0.4 is 15.7 Å². The number of nitrogens with zero attached hydrogens (tertiary/aromatic N) is 4. The Morgan fingerprint density at radius 1 is 1.06 bits per heavy atom. The molecule has 186 valence electrons. The van der Waals surface area contributed by atoms with Crippen LogP contribution in [0, 0.1) is 5.92 Å². The van der Waals surface area contributed by atoms with E-state index in [4.69, 9.17) is 27.9 Å². The van der Waals surface area contributed by atoms with Crippen molar-refractivity contribution in [3.8, 4) is 11.6 Å². The summed E-state index contributed by atoms with van der Waals surface area (Å²) < 4.78 is 8.69. The average molecular weight is 526 g/mol. The van der Waals surface area contributed by atoms with E-state index in [1.165, 1.54) is 12.3 Å². The molecule has 1 fully saturated rings. The van der Waals surface area contributed by atoms with E-state index in [1.807, 2.05) is 34.9 Å². The third-order valence-electron chi connectivity index (χ3n) is 6.70. The third-order valence-corrected chi connectivity index (χ3v) is 7.20. The number of ether oxygens (including phenoxy) is 1. The van der Waals surface area contributed by atoms with Gasteiger partial charge in [0.1, 0.15) is 5.15 Å². The number of hydrogen-bond donors (Lipinski definition) is 1. The van der Waals surface area contributed by atoms with Crippen LogP contribution in [-0.2, 0) is 6.54 Å². The molecule has 0 atom stereocenters. The van der Waals surface area contributed by atoms with Crippen LogP contribution in [0.15, 0.2) is 59.7 Å². The molecular formula is C26H25Cl2N5O3. The lowest BCUT2D eigenvalue weighted by atomic mass is 9.86. The summed E-state index contributed by atoms with van der Waals surface area (Å²) in [6.07, 6.45) is 6.48. The highest BCUT2D eigenvalue weighted by molar-refractivity contribution is 6.34. The Bertz CT molecular complexity index is 1460. The van der Waals surface area contributed by atoms with Gasteiger partial charge in [0.25, 0.3) is 5.91 Å². The zero-order chi connectivity index (χ0) is 25.2. The van der Waals surface area contributed by atoms with Crippen LogP contribution >= 0.6 is 23.2 Å². The van der Waals surface area contributed by atoms with Crippen LogP contribution in [-0.4, -0.2) is 38.2 Å². The van der Waals surface area contributed by atoms with Crippen LogP contribution in [0.2, 0.25) is 10.2 Å². The monoisotopic (exact) mass is 525 g/mol. The summed E-state index contributed by atoms with van der Waals surface area (Å²) in [5, 5.41) is 3.55. The van der Waals surface area contributed by atoms with E-state index in [0.29, 0.717) is 29.1 Å². The molecule has 10 heteroatoms. The van der Waals surface area contributed by atoms with E-state index in [1.54, 1.807) is 23.9 Å². The normalized spacial score (nSPS) is 17.8. The summed E-state index contributed by atoms with van der Waals surface area (Å²) in [4.78, 5) is 34.4. The maximum atomic E-state index is 13.5. The number of carbonyl (C=O) groups excluding carboxylic acids is 1. The molecule has 0 saturated heterocycles. The number of amides is 1. The number of benzene rings is 1. The molecule has 1 aliphatic rings. The summed E-state index contributed by atoms with van der Waals surface area (Å²) in [6.45, 7) is 0.612. The van der Waals surface area contributed by atoms with Crippen molar-refractivity contribution >= 4 is 40.1 Å². The number of aromatic nitrogens is 4. The number of para-hydroxylation sites is 2.